The standard InChI is InChI=1S/C14H17ClO/c1-10(2)8-12-4-6-13(7-5-12)14(15)11(3)9-16/h4-7,9-10H,8H2,1-3H3/b14-11-. The molecule has 16 heavy (non-hydrogen) atoms. The van der Waals surface area contributed by atoms with Crippen LogP contribution in [0.4, 0.5) is 0 Å². The van der Waals surface area contributed by atoms with Gasteiger partial charge in [0.25, 0.3) is 0 Å². The van der Waals surface area contributed by atoms with Crippen LogP contribution in [-0.4, -0.2) is 6.29 Å². The first-order valence-corrected chi connectivity index (χ1v) is 5.83. The Morgan fingerprint density at radius 3 is 2.31 bits per heavy atom. The average Bonchev–Trinajstić information content (AvgIpc) is 2.27. The van der Waals surface area contributed by atoms with Gasteiger partial charge in [-0.3, -0.25) is 4.79 Å². The maximum atomic E-state index is 10.6. The van der Waals surface area contributed by atoms with Crippen molar-refractivity contribution in [1.82, 2.24) is 0 Å². The van der Waals surface area contributed by atoms with Gasteiger partial charge in [0.2, 0.25) is 0 Å². The number of aldehydes is 1. The summed E-state index contributed by atoms with van der Waals surface area (Å²) in [4.78, 5) is 10.6. The van der Waals surface area contributed by atoms with Crippen molar-refractivity contribution >= 4 is 22.9 Å². The number of halogens is 1. The molecule has 0 aliphatic carbocycles. The Labute approximate surface area is 102 Å². The molecule has 0 spiro atoms. The minimum absolute atomic E-state index is 0.533. The molecule has 0 fully saturated rings. The van der Waals surface area contributed by atoms with Gasteiger partial charge in [0.15, 0.2) is 0 Å². The van der Waals surface area contributed by atoms with Crippen LogP contribution >= 0.6 is 11.6 Å². The van der Waals surface area contributed by atoms with E-state index >= 15 is 0 Å². The van der Waals surface area contributed by atoms with Crippen LogP contribution in [0.25, 0.3) is 5.03 Å². The molecule has 0 aromatic heterocycles. The van der Waals surface area contributed by atoms with Crippen LogP contribution in [-0.2, 0) is 11.2 Å². The topological polar surface area (TPSA) is 17.1 Å². The monoisotopic (exact) mass is 236 g/mol. The van der Waals surface area contributed by atoms with Crippen molar-refractivity contribution in [3.05, 3.63) is 41.0 Å². The summed E-state index contributed by atoms with van der Waals surface area (Å²) in [5.74, 6) is 0.647. The molecule has 0 radical (unpaired) electrons. The second kappa shape index (κ2) is 5.86. The highest BCUT2D eigenvalue weighted by Crippen LogP contribution is 2.22. The molecular formula is C14H17ClO. The number of carbonyl (C=O) groups is 1. The third-order valence-corrected chi connectivity index (χ3v) is 2.89. The first-order valence-electron chi connectivity index (χ1n) is 5.45. The van der Waals surface area contributed by atoms with Crippen LogP contribution in [0.1, 0.15) is 31.9 Å². The van der Waals surface area contributed by atoms with Crippen LogP contribution in [0.15, 0.2) is 29.8 Å². The Morgan fingerprint density at radius 2 is 1.88 bits per heavy atom. The van der Waals surface area contributed by atoms with Gasteiger partial charge in [0.1, 0.15) is 6.29 Å². The van der Waals surface area contributed by atoms with E-state index in [9.17, 15) is 4.79 Å². The summed E-state index contributed by atoms with van der Waals surface area (Å²) in [6.45, 7) is 6.10. The Hall–Kier alpha value is -1.08. The van der Waals surface area contributed by atoms with Crippen molar-refractivity contribution in [2.24, 2.45) is 5.92 Å². The third kappa shape index (κ3) is 3.49. The lowest BCUT2D eigenvalue weighted by atomic mass is 10.0. The van der Waals surface area contributed by atoms with E-state index in [1.807, 2.05) is 12.1 Å². The fourth-order valence-electron chi connectivity index (χ4n) is 1.54. The first kappa shape index (κ1) is 13.0. The number of benzene rings is 1. The SMILES string of the molecule is C/C(C=O)=C(/Cl)c1ccc(CC(C)C)cc1. The van der Waals surface area contributed by atoms with Gasteiger partial charge >= 0.3 is 0 Å². The van der Waals surface area contributed by atoms with Gasteiger partial charge in [-0.15, -0.1) is 0 Å². The van der Waals surface area contributed by atoms with Crippen LogP contribution in [0.3, 0.4) is 0 Å². The van der Waals surface area contributed by atoms with Crippen molar-refractivity contribution < 1.29 is 4.79 Å². The summed E-state index contributed by atoms with van der Waals surface area (Å²) >= 11 is 6.06. The van der Waals surface area contributed by atoms with Gasteiger partial charge in [-0.2, -0.15) is 0 Å². The average molecular weight is 237 g/mol. The second-order valence-corrected chi connectivity index (χ2v) is 4.79. The number of carbonyl (C=O) groups excluding carboxylic acids is 1. The second-order valence-electron chi connectivity index (χ2n) is 4.41. The summed E-state index contributed by atoms with van der Waals surface area (Å²) in [7, 11) is 0. The van der Waals surface area contributed by atoms with Crippen molar-refractivity contribution in [2.45, 2.75) is 27.2 Å². The van der Waals surface area contributed by atoms with E-state index in [2.05, 4.69) is 26.0 Å². The molecule has 0 aliphatic rings. The Balaban J connectivity index is 2.91. The third-order valence-electron chi connectivity index (χ3n) is 2.37. The predicted octanol–water partition coefficient (Wildman–Crippen LogP) is 4.05. The number of hydrogen-bond acceptors (Lipinski definition) is 1. The van der Waals surface area contributed by atoms with Gasteiger partial charge in [-0.25, -0.2) is 0 Å². The van der Waals surface area contributed by atoms with E-state index in [0.29, 0.717) is 16.5 Å². The molecule has 1 rings (SSSR count). The quantitative estimate of drug-likeness (QED) is 0.569. The van der Waals surface area contributed by atoms with E-state index in [-0.39, 0.29) is 0 Å². The lowest BCUT2D eigenvalue weighted by Crippen LogP contribution is -1.94. The zero-order valence-corrected chi connectivity index (χ0v) is 10.7. The van der Waals surface area contributed by atoms with Crippen molar-refractivity contribution in [3.8, 4) is 0 Å². The van der Waals surface area contributed by atoms with Crippen LogP contribution in [0.2, 0.25) is 0 Å². The van der Waals surface area contributed by atoms with Crippen LogP contribution < -0.4 is 0 Å². The minimum Gasteiger partial charge on any atom is -0.298 e. The smallest absolute Gasteiger partial charge is 0.147 e. The predicted molar refractivity (Wildman–Crippen MR) is 69.5 cm³/mol. The van der Waals surface area contributed by atoms with Gasteiger partial charge in [-0.1, -0.05) is 49.7 Å². The molecule has 0 unspecified atom stereocenters. The lowest BCUT2D eigenvalue weighted by Gasteiger charge is -2.06. The molecule has 0 saturated heterocycles. The van der Waals surface area contributed by atoms with E-state index < -0.39 is 0 Å². The zero-order chi connectivity index (χ0) is 12.1. The number of allylic oxidation sites excluding steroid dienone is 1. The van der Waals surface area contributed by atoms with Crippen molar-refractivity contribution in [2.75, 3.05) is 0 Å². The van der Waals surface area contributed by atoms with E-state index in [1.165, 1.54) is 5.56 Å². The van der Waals surface area contributed by atoms with Gasteiger partial charge in [0, 0.05) is 5.57 Å². The first-order chi connectivity index (χ1) is 7.54. The van der Waals surface area contributed by atoms with Crippen molar-refractivity contribution in [3.63, 3.8) is 0 Å². The van der Waals surface area contributed by atoms with E-state index in [4.69, 9.17) is 11.6 Å². The summed E-state index contributed by atoms with van der Waals surface area (Å²) in [5, 5.41) is 0.533. The molecule has 0 aliphatic heterocycles. The molecule has 1 nitrogen and oxygen atoms in total. The Morgan fingerprint density at radius 1 is 1.31 bits per heavy atom. The molecule has 1 aromatic rings. The summed E-state index contributed by atoms with van der Waals surface area (Å²) in [6.07, 6.45) is 1.85. The zero-order valence-electron chi connectivity index (χ0n) is 9.96. The highest BCUT2D eigenvalue weighted by molar-refractivity contribution is 6.50. The van der Waals surface area contributed by atoms with Gasteiger partial charge in [-0.05, 0) is 30.4 Å². The molecule has 0 saturated carbocycles. The summed E-state index contributed by atoms with van der Waals surface area (Å²) < 4.78 is 0. The molecule has 0 heterocycles. The number of hydrogen-bond donors (Lipinski definition) is 0. The normalized spacial score (nSPS) is 12.6. The molecule has 0 atom stereocenters. The largest absolute Gasteiger partial charge is 0.298 e. The van der Waals surface area contributed by atoms with Gasteiger partial charge < -0.3 is 0 Å². The van der Waals surface area contributed by atoms with Crippen LogP contribution in [0, 0.1) is 5.92 Å². The van der Waals surface area contributed by atoms with E-state index in [1.54, 1.807) is 6.92 Å². The summed E-state index contributed by atoms with van der Waals surface area (Å²) in [6, 6.07) is 8.06. The molecule has 86 valence electrons. The fourth-order valence-corrected chi connectivity index (χ4v) is 1.71. The molecule has 1 aromatic carbocycles. The maximum absolute atomic E-state index is 10.6. The minimum atomic E-state index is 0.533. The molecular weight excluding hydrogens is 220 g/mol. The number of rotatable bonds is 4. The molecule has 0 N–H and O–H groups in total. The van der Waals surface area contributed by atoms with E-state index in [0.717, 1.165) is 18.3 Å². The molecule has 0 amide bonds. The lowest BCUT2D eigenvalue weighted by molar-refractivity contribution is -0.104. The van der Waals surface area contributed by atoms with Gasteiger partial charge in [0.05, 0.1) is 5.03 Å². The highest BCUT2D eigenvalue weighted by Gasteiger charge is 2.03. The van der Waals surface area contributed by atoms with Crippen molar-refractivity contribution in [1.29, 1.82) is 0 Å². The summed E-state index contributed by atoms with van der Waals surface area (Å²) in [5.41, 5.74) is 2.77. The van der Waals surface area contributed by atoms with Crippen LogP contribution in [0.5, 0.6) is 0 Å². The molecule has 2 heteroatoms. The maximum Gasteiger partial charge on any atom is 0.147 e. The Kier molecular flexibility index (Phi) is 4.75. The molecule has 0 bridgehead atoms. The Bertz CT molecular complexity index is 388. The highest BCUT2D eigenvalue weighted by atomic mass is 35.5. The fraction of sp³-hybridized carbons (Fsp3) is 0.357.